The van der Waals surface area contributed by atoms with Crippen molar-refractivity contribution < 1.29 is 22.7 Å². The third-order valence-electron chi connectivity index (χ3n) is 4.02. The number of nitrogens with one attached hydrogen (secondary N) is 1. The SMILES string of the molecule is O=C(c1cc(-c2cccs2)[nH]n1)N1CC(Oc2cccc(C(F)(F)F)n2)C1. The van der Waals surface area contributed by atoms with Crippen LogP contribution in [0.25, 0.3) is 10.6 Å². The standard InChI is InChI=1S/C17H13F3N4O2S/c18-17(19,20)14-4-1-5-15(21-14)26-10-8-24(9-10)16(25)12-7-11(22-23-12)13-3-2-6-27-13/h1-7,10H,8-9H2,(H,22,23). The number of carbonyl (C=O) groups is 1. The molecule has 1 aliphatic heterocycles. The molecule has 0 spiro atoms. The van der Waals surface area contributed by atoms with Crippen LogP contribution in [0, 0.1) is 0 Å². The molecule has 1 N–H and O–H groups in total. The van der Waals surface area contributed by atoms with Crippen LogP contribution in [0.5, 0.6) is 5.88 Å². The van der Waals surface area contributed by atoms with Gasteiger partial charge in [0.25, 0.3) is 5.91 Å². The van der Waals surface area contributed by atoms with Gasteiger partial charge in [0.05, 0.1) is 23.7 Å². The second kappa shape index (κ2) is 6.69. The van der Waals surface area contributed by atoms with E-state index in [2.05, 4.69) is 15.2 Å². The van der Waals surface area contributed by atoms with Crippen LogP contribution in [-0.2, 0) is 6.18 Å². The fourth-order valence-electron chi connectivity index (χ4n) is 2.64. The Kier molecular flexibility index (Phi) is 4.34. The van der Waals surface area contributed by atoms with E-state index in [1.165, 1.54) is 28.4 Å². The molecule has 4 rings (SSSR count). The van der Waals surface area contributed by atoms with Crippen molar-refractivity contribution in [2.24, 2.45) is 0 Å². The number of thiophene rings is 1. The fourth-order valence-corrected chi connectivity index (χ4v) is 3.33. The number of carbonyl (C=O) groups excluding carboxylic acids is 1. The van der Waals surface area contributed by atoms with Crippen LogP contribution in [0.1, 0.15) is 16.2 Å². The molecule has 0 aliphatic carbocycles. The quantitative estimate of drug-likeness (QED) is 0.736. The van der Waals surface area contributed by atoms with Crippen LogP contribution in [0.2, 0.25) is 0 Å². The predicted octanol–water partition coefficient (Wildman–Crippen LogP) is 3.46. The number of aromatic amines is 1. The molecule has 140 valence electrons. The Morgan fingerprint density at radius 3 is 2.78 bits per heavy atom. The summed E-state index contributed by atoms with van der Waals surface area (Å²) in [6.07, 6.45) is -4.93. The summed E-state index contributed by atoms with van der Waals surface area (Å²) < 4.78 is 43.5. The number of amides is 1. The summed E-state index contributed by atoms with van der Waals surface area (Å²) in [6, 6.07) is 8.98. The number of likely N-dealkylation sites (tertiary alicyclic amines) is 1. The van der Waals surface area contributed by atoms with Crippen LogP contribution in [-0.4, -0.2) is 45.2 Å². The Hall–Kier alpha value is -2.88. The van der Waals surface area contributed by atoms with E-state index in [1.54, 1.807) is 6.07 Å². The lowest BCUT2D eigenvalue weighted by atomic mass is 10.1. The molecule has 1 saturated heterocycles. The van der Waals surface area contributed by atoms with Gasteiger partial charge in [0.1, 0.15) is 11.8 Å². The zero-order valence-corrected chi connectivity index (χ0v) is 14.5. The molecule has 0 radical (unpaired) electrons. The molecule has 3 aromatic rings. The van der Waals surface area contributed by atoms with E-state index in [-0.39, 0.29) is 30.6 Å². The number of alkyl halides is 3. The first-order chi connectivity index (χ1) is 12.9. The minimum absolute atomic E-state index is 0.110. The van der Waals surface area contributed by atoms with Gasteiger partial charge in [-0.2, -0.15) is 18.3 Å². The van der Waals surface area contributed by atoms with Crippen LogP contribution < -0.4 is 4.74 Å². The van der Waals surface area contributed by atoms with Crippen LogP contribution in [0.15, 0.2) is 41.8 Å². The first-order valence-corrected chi connectivity index (χ1v) is 8.87. The van der Waals surface area contributed by atoms with Gasteiger partial charge in [-0.25, -0.2) is 4.98 Å². The molecular formula is C17H13F3N4O2S. The average Bonchev–Trinajstić information content (AvgIpc) is 3.27. The zero-order chi connectivity index (χ0) is 19.0. The molecule has 0 aromatic carbocycles. The minimum Gasteiger partial charge on any atom is -0.471 e. The molecular weight excluding hydrogens is 381 g/mol. The normalized spacial score (nSPS) is 14.9. The molecule has 1 amide bonds. The summed E-state index contributed by atoms with van der Waals surface area (Å²) in [6.45, 7) is 0.524. The van der Waals surface area contributed by atoms with E-state index in [1.807, 2.05) is 17.5 Å². The highest BCUT2D eigenvalue weighted by molar-refractivity contribution is 7.13. The Morgan fingerprint density at radius 1 is 1.26 bits per heavy atom. The smallest absolute Gasteiger partial charge is 0.433 e. The van der Waals surface area contributed by atoms with Gasteiger partial charge in [0.2, 0.25) is 5.88 Å². The second-order valence-corrected chi connectivity index (χ2v) is 6.90. The average molecular weight is 394 g/mol. The van der Waals surface area contributed by atoms with Crippen molar-refractivity contribution in [1.82, 2.24) is 20.1 Å². The highest BCUT2D eigenvalue weighted by Gasteiger charge is 2.36. The number of pyridine rings is 1. The molecule has 4 heterocycles. The maximum Gasteiger partial charge on any atom is 0.433 e. The lowest BCUT2D eigenvalue weighted by molar-refractivity contribution is -0.141. The van der Waals surface area contributed by atoms with Crippen molar-refractivity contribution in [2.75, 3.05) is 13.1 Å². The monoisotopic (exact) mass is 394 g/mol. The molecule has 0 atom stereocenters. The summed E-state index contributed by atoms with van der Waals surface area (Å²) in [5, 5.41) is 8.79. The topological polar surface area (TPSA) is 71.1 Å². The number of aromatic nitrogens is 3. The molecule has 10 heteroatoms. The number of hydrogen-bond donors (Lipinski definition) is 1. The minimum atomic E-state index is -4.53. The van der Waals surface area contributed by atoms with Crippen molar-refractivity contribution in [1.29, 1.82) is 0 Å². The van der Waals surface area contributed by atoms with Crippen LogP contribution in [0.4, 0.5) is 13.2 Å². The number of halogens is 3. The van der Waals surface area contributed by atoms with Crippen LogP contribution in [0.3, 0.4) is 0 Å². The van der Waals surface area contributed by atoms with Gasteiger partial charge in [-0.15, -0.1) is 11.3 Å². The summed E-state index contributed by atoms with van der Waals surface area (Å²) >= 11 is 1.53. The van der Waals surface area contributed by atoms with E-state index in [4.69, 9.17) is 4.74 Å². The molecule has 6 nitrogen and oxygen atoms in total. The maximum atomic E-state index is 12.7. The first kappa shape index (κ1) is 17.5. The molecule has 0 bridgehead atoms. The van der Waals surface area contributed by atoms with Crippen molar-refractivity contribution in [3.63, 3.8) is 0 Å². The summed E-state index contributed by atoms with van der Waals surface area (Å²) in [5.74, 6) is -0.368. The van der Waals surface area contributed by atoms with E-state index in [0.717, 1.165) is 16.6 Å². The Bertz CT molecular complexity index is 949. The number of nitrogens with zero attached hydrogens (tertiary/aromatic N) is 3. The first-order valence-electron chi connectivity index (χ1n) is 7.99. The van der Waals surface area contributed by atoms with Gasteiger partial charge < -0.3 is 9.64 Å². The third kappa shape index (κ3) is 3.65. The molecule has 1 aliphatic rings. The number of hydrogen-bond acceptors (Lipinski definition) is 5. The van der Waals surface area contributed by atoms with Crippen molar-refractivity contribution >= 4 is 17.2 Å². The fraction of sp³-hybridized carbons (Fsp3) is 0.235. The number of ether oxygens (including phenoxy) is 1. The second-order valence-electron chi connectivity index (χ2n) is 5.95. The van der Waals surface area contributed by atoms with Crippen molar-refractivity contribution in [3.8, 4) is 16.5 Å². The lowest BCUT2D eigenvalue weighted by Crippen LogP contribution is -2.56. The predicted molar refractivity (Wildman–Crippen MR) is 91.5 cm³/mol. The molecule has 27 heavy (non-hydrogen) atoms. The molecule has 0 unspecified atom stereocenters. The summed E-state index contributed by atoms with van der Waals surface area (Å²) in [5.41, 5.74) is 0.0359. The van der Waals surface area contributed by atoms with Gasteiger partial charge in [0, 0.05) is 6.07 Å². The van der Waals surface area contributed by atoms with E-state index >= 15 is 0 Å². The number of H-pyrrole nitrogens is 1. The molecule has 0 saturated carbocycles. The Balaban J connectivity index is 1.35. The van der Waals surface area contributed by atoms with E-state index < -0.39 is 18.0 Å². The van der Waals surface area contributed by atoms with Gasteiger partial charge >= 0.3 is 6.18 Å². The molecule has 3 aromatic heterocycles. The van der Waals surface area contributed by atoms with Gasteiger partial charge in [0.15, 0.2) is 5.69 Å². The van der Waals surface area contributed by atoms with Gasteiger partial charge in [-0.3, -0.25) is 9.89 Å². The third-order valence-corrected chi connectivity index (χ3v) is 4.92. The lowest BCUT2D eigenvalue weighted by Gasteiger charge is -2.38. The van der Waals surface area contributed by atoms with Crippen molar-refractivity contribution in [3.05, 3.63) is 53.2 Å². The summed E-state index contributed by atoms with van der Waals surface area (Å²) in [4.78, 5) is 18.4. The number of rotatable bonds is 4. The summed E-state index contributed by atoms with van der Waals surface area (Å²) in [7, 11) is 0. The Labute approximate surface area is 155 Å². The van der Waals surface area contributed by atoms with Gasteiger partial charge in [-0.1, -0.05) is 12.1 Å². The maximum absolute atomic E-state index is 12.7. The van der Waals surface area contributed by atoms with E-state index in [0.29, 0.717) is 0 Å². The van der Waals surface area contributed by atoms with Crippen molar-refractivity contribution in [2.45, 2.75) is 12.3 Å². The zero-order valence-electron chi connectivity index (χ0n) is 13.7. The molecule has 1 fully saturated rings. The highest BCUT2D eigenvalue weighted by Crippen LogP contribution is 2.29. The van der Waals surface area contributed by atoms with Gasteiger partial charge in [-0.05, 0) is 23.6 Å². The Morgan fingerprint density at radius 2 is 2.07 bits per heavy atom. The van der Waals surface area contributed by atoms with Crippen LogP contribution >= 0.6 is 11.3 Å². The van der Waals surface area contributed by atoms with E-state index in [9.17, 15) is 18.0 Å². The highest BCUT2D eigenvalue weighted by atomic mass is 32.1. The largest absolute Gasteiger partial charge is 0.471 e.